The summed E-state index contributed by atoms with van der Waals surface area (Å²) in [5.41, 5.74) is 4.59. The number of halogens is 1. The highest BCUT2D eigenvalue weighted by Gasteiger charge is 2.14. The van der Waals surface area contributed by atoms with Gasteiger partial charge in [-0.15, -0.1) is 0 Å². The number of nitrogens with zero attached hydrogens (tertiary/aromatic N) is 1. The van der Waals surface area contributed by atoms with Crippen molar-refractivity contribution in [1.82, 2.24) is 10.3 Å². The van der Waals surface area contributed by atoms with Crippen LogP contribution in [0, 0.1) is 0 Å². The molecule has 0 aliphatic rings. The molecule has 0 saturated carbocycles. The van der Waals surface area contributed by atoms with Gasteiger partial charge in [-0.25, -0.2) is 4.98 Å². The molecule has 0 aliphatic carbocycles. The number of fused-ring (bicyclic) bond motifs is 2. The number of nitrogens with one attached hydrogen (secondary N) is 2. The van der Waals surface area contributed by atoms with Crippen molar-refractivity contribution in [3.63, 3.8) is 0 Å². The molecule has 5 aromatic rings. The van der Waals surface area contributed by atoms with Crippen molar-refractivity contribution in [3.05, 3.63) is 95.0 Å². The zero-order valence-corrected chi connectivity index (χ0v) is 20.7. The summed E-state index contributed by atoms with van der Waals surface area (Å²) in [6, 6.07) is 24.6. The molecule has 174 valence electrons. The third-order valence-electron chi connectivity index (χ3n) is 5.81. The number of hydrogen-bond acceptors (Lipinski definition) is 4. The molecule has 2 N–H and O–H groups in total. The number of benzene rings is 4. The van der Waals surface area contributed by atoms with Crippen molar-refractivity contribution in [3.8, 4) is 11.5 Å². The fourth-order valence-corrected chi connectivity index (χ4v) is 4.38. The van der Waals surface area contributed by atoms with Crippen LogP contribution in [0.25, 0.3) is 33.3 Å². The Morgan fingerprint density at radius 3 is 2.49 bits per heavy atom. The predicted octanol–water partition coefficient (Wildman–Crippen LogP) is 7.55. The maximum absolute atomic E-state index is 12.6. The lowest BCUT2D eigenvalue weighted by Crippen LogP contribution is -2.34. The fourth-order valence-electron chi connectivity index (χ4n) is 3.94. The summed E-state index contributed by atoms with van der Waals surface area (Å²) in [6.45, 7) is 4.22. The SMILES string of the molecule is CC(C)c1ccc(C(=O)NC(=S)Nc2ccc3oc(-c4cccc5c(Cl)cccc45)nc3c2)cc1. The van der Waals surface area contributed by atoms with Crippen LogP contribution >= 0.6 is 23.8 Å². The van der Waals surface area contributed by atoms with E-state index in [1.165, 1.54) is 5.56 Å². The average molecular weight is 500 g/mol. The summed E-state index contributed by atoms with van der Waals surface area (Å²) in [7, 11) is 0. The lowest BCUT2D eigenvalue weighted by atomic mass is 10.0. The standard InChI is InChI=1S/C28H22ClN3O2S/c1-16(2)17-9-11-18(12-10-17)26(33)32-28(35)30-19-13-14-25-24(15-19)31-27(34-25)22-7-3-6-21-20(22)5-4-8-23(21)29/h3-16H,1-2H3,(H2,30,32,33,35). The minimum atomic E-state index is -0.266. The molecule has 0 bridgehead atoms. The Balaban J connectivity index is 1.34. The van der Waals surface area contributed by atoms with E-state index in [1.54, 1.807) is 12.1 Å². The Morgan fingerprint density at radius 1 is 0.971 bits per heavy atom. The van der Waals surface area contributed by atoms with Gasteiger partial charge in [0.25, 0.3) is 5.91 Å². The average Bonchev–Trinajstić information content (AvgIpc) is 3.27. The fraction of sp³-hybridized carbons (Fsp3) is 0.107. The first-order chi connectivity index (χ1) is 16.9. The number of anilines is 1. The number of aromatic nitrogens is 1. The van der Waals surface area contributed by atoms with Crippen LogP contribution in [-0.2, 0) is 0 Å². The quantitative estimate of drug-likeness (QED) is 0.250. The first-order valence-corrected chi connectivity index (χ1v) is 12.0. The van der Waals surface area contributed by atoms with Gasteiger partial charge in [0.1, 0.15) is 5.52 Å². The summed E-state index contributed by atoms with van der Waals surface area (Å²) >= 11 is 11.7. The highest BCUT2D eigenvalue weighted by atomic mass is 35.5. The van der Waals surface area contributed by atoms with Gasteiger partial charge in [0, 0.05) is 27.2 Å². The van der Waals surface area contributed by atoms with E-state index in [-0.39, 0.29) is 11.0 Å². The Bertz CT molecular complexity index is 1580. The number of carbonyl (C=O) groups excluding carboxylic acids is 1. The number of amides is 1. The van der Waals surface area contributed by atoms with Crippen LogP contribution in [0.4, 0.5) is 5.69 Å². The maximum Gasteiger partial charge on any atom is 0.257 e. The van der Waals surface area contributed by atoms with Crippen LogP contribution in [0.15, 0.2) is 83.3 Å². The van der Waals surface area contributed by atoms with Crippen molar-refractivity contribution in [2.75, 3.05) is 5.32 Å². The topological polar surface area (TPSA) is 67.2 Å². The van der Waals surface area contributed by atoms with E-state index in [0.717, 1.165) is 16.3 Å². The first-order valence-electron chi connectivity index (χ1n) is 11.2. The lowest BCUT2D eigenvalue weighted by molar-refractivity contribution is 0.0977. The van der Waals surface area contributed by atoms with Crippen LogP contribution in [0.1, 0.15) is 35.7 Å². The monoisotopic (exact) mass is 499 g/mol. The summed E-state index contributed by atoms with van der Waals surface area (Å²) in [4.78, 5) is 17.2. The van der Waals surface area contributed by atoms with Gasteiger partial charge in [-0.2, -0.15) is 0 Å². The van der Waals surface area contributed by atoms with E-state index in [0.29, 0.717) is 39.2 Å². The minimum Gasteiger partial charge on any atom is -0.436 e. The van der Waals surface area contributed by atoms with Crippen molar-refractivity contribution in [2.24, 2.45) is 0 Å². The summed E-state index contributed by atoms with van der Waals surface area (Å²) in [5.74, 6) is 0.642. The molecule has 5 nitrogen and oxygen atoms in total. The van der Waals surface area contributed by atoms with Gasteiger partial charge in [0.15, 0.2) is 10.7 Å². The van der Waals surface area contributed by atoms with Crippen LogP contribution in [0.3, 0.4) is 0 Å². The van der Waals surface area contributed by atoms with Crippen LogP contribution in [0.2, 0.25) is 5.02 Å². The molecule has 35 heavy (non-hydrogen) atoms. The van der Waals surface area contributed by atoms with Gasteiger partial charge >= 0.3 is 0 Å². The number of hydrogen-bond donors (Lipinski definition) is 2. The first kappa shape index (κ1) is 23.0. The van der Waals surface area contributed by atoms with Crippen molar-refractivity contribution < 1.29 is 9.21 Å². The highest BCUT2D eigenvalue weighted by molar-refractivity contribution is 7.80. The molecule has 1 heterocycles. The van der Waals surface area contributed by atoms with Gasteiger partial charge in [-0.1, -0.05) is 61.8 Å². The third-order valence-corrected chi connectivity index (χ3v) is 6.35. The summed E-state index contributed by atoms with van der Waals surface area (Å²) in [5, 5.41) is 8.57. The van der Waals surface area contributed by atoms with Crippen LogP contribution < -0.4 is 10.6 Å². The molecule has 0 unspecified atom stereocenters. The molecular weight excluding hydrogens is 478 g/mol. The van der Waals surface area contributed by atoms with Gasteiger partial charge in [-0.05, 0) is 71.6 Å². The second-order valence-electron chi connectivity index (χ2n) is 8.53. The van der Waals surface area contributed by atoms with E-state index >= 15 is 0 Å². The zero-order chi connectivity index (χ0) is 24.5. The minimum absolute atomic E-state index is 0.203. The highest BCUT2D eigenvalue weighted by Crippen LogP contribution is 2.34. The van der Waals surface area contributed by atoms with Crippen molar-refractivity contribution >= 4 is 62.4 Å². The molecule has 1 amide bonds. The molecule has 0 atom stereocenters. The van der Waals surface area contributed by atoms with E-state index in [2.05, 4.69) is 29.5 Å². The normalized spacial score (nSPS) is 11.2. The molecule has 0 saturated heterocycles. The Morgan fingerprint density at radius 2 is 1.71 bits per heavy atom. The second kappa shape index (κ2) is 9.49. The van der Waals surface area contributed by atoms with Gasteiger partial charge in [-0.3, -0.25) is 10.1 Å². The van der Waals surface area contributed by atoms with Gasteiger partial charge < -0.3 is 9.73 Å². The van der Waals surface area contributed by atoms with E-state index in [9.17, 15) is 4.79 Å². The number of rotatable bonds is 4. The molecule has 4 aromatic carbocycles. The van der Waals surface area contributed by atoms with E-state index in [4.69, 9.17) is 28.2 Å². The molecule has 1 aromatic heterocycles. The summed E-state index contributed by atoms with van der Waals surface area (Å²) in [6.07, 6.45) is 0. The predicted molar refractivity (Wildman–Crippen MR) is 146 cm³/mol. The Labute approximate surface area is 213 Å². The van der Waals surface area contributed by atoms with Crippen molar-refractivity contribution in [1.29, 1.82) is 0 Å². The largest absolute Gasteiger partial charge is 0.436 e. The molecule has 0 fully saturated rings. The third kappa shape index (κ3) is 4.76. The van der Waals surface area contributed by atoms with Gasteiger partial charge in [0.2, 0.25) is 5.89 Å². The zero-order valence-electron chi connectivity index (χ0n) is 19.1. The molecule has 5 rings (SSSR count). The number of oxazole rings is 1. The maximum atomic E-state index is 12.6. The molecule has 0 spiro atoms. The number of carbonyl (C=O) groups is 1. The lowest BCUT2D eigenvalue weighted by Gasteiger charge is -2.10. The van der Waals surface area contributed by atoms with E-state index < -0.39 is 0 Å². The molecule has 0 radical (unpaired) electrons. The molecule has 7 heteroatoms. The molecular formula is C28H22ClN3O2S. The second-order valence-corrected chi connectivity index (χ2v) is 9.34. The Hall–Kier alpha value is -3.74. The number of thiocarbonyl (C=S) groups is 1. The summed E-state index contributed by atoms with van der Waals surface area (Å²) < 4.78 is 6.03. The Kier molecular flexibility index (Phi) is 6.24. The van der Waals surface area contributed by atoms with Gasteiger partial charge in [0.05, 0.1) is 0 Å². The smallest absolute Gasteiger partial charge is 0.257 e. The van der Waals surface area contributed by atoms with Crippen LogP contribution in [0.5, 0.6) is 0 Å². The van der Waals surface area contributed by atoms with Crippen molar-refractivity contribution in [2.45, 2.75) is 19.8 Å². The van der Waals surface area contributed by atoms with Crippen LogP contribution in [-0.4, -0.2) is 16.0 Å². The van der Waals surface area contributed by atoms with E-state index in [1.807, 2.05) is 66.7 Å². The molecule has 0 aliphatic heterocycles.